The Morgan fingerprint density at radius 2 is 2.08 bits per heavy atom. The Kier molecular flexibility index (Phi) is 6.10. The van der Waals surface area contributed by atoms with Crippen LogP contribution in [0.25, 0.3) is 11.0 Å². The Morgan fingerprint density at radius 3 is 2.81 bits per heavy atom. The quantitative estimate of drug-likeness (QED) is 0.674. The minimum Gasteiger partial charge on any atom is -0.368 e. The number of carbonyl (C=O) groups is 1. The summed E-state index contributed by atoms with van der Waals surface area (Å²) in [6, 6.07) is 0.180. The molecular formula is C18H25BrClN5O. The van der Waals surface area contributed by atoms with Gasteiger partial charge in [-0.2, -0.15) is 0 Å². The molecule has 0 spiro atoms. The van der Waals surface area contributed by atoms with Gasteiger partial charge in [-0.1, -0.05) is 12.8 Å². The standard InChI is InChI=1S/C18H24BrN5O.ClH/c19-13-8-21-17-15(16(13)24-7-3-6-12(20)10-24)14(9-22-17)23-18(25)11-4-1-2-5-11;/h8-9,11-12H,1-7,10,20H2,(H,21,22)(H,23,25);1H/t12-;/m1./s1. The van der Waals surface area contributed by atoms with E-state index >= 15 is 0 Å². The van der Waals surface area contributed by atoms with Gasteiger partial charge in [0.1, 0.15) is 5.65 Å². The highest BCUT2D eigenvalue weighted by molar-refractivity contribution is 9.10. The number of nitrogens with two attached hydrogens (primary N) is 1. The maximum atomic E-state index is 12.6. The number of nitrogens with zero attached hydrogens (tertiary/aromatic N) is 2. The minimum atomic E-state index is 0. The summed E-state index contributed by atoms with van der Waals surface area (Å²) in [6.07, 6.45) is 10.1. The fourth-order valence-corrected chi connectivity index (χ4v) is 4.65. The highest BCUT2D eigenvalue weighted by atomic mass is 79.9. The molecule has 1 saturated heterocycles. The van der Waals surface area contributed by atoms with Gasteiger partial charge in [0.15, 0.2) is 0 Å². The number of nitrogens with one attached hydrogen (secondary N) is 2. The van der Waals surface area contributed by atoms with Gasteiger partial charge in [-0.25, -0.2) is 4.98 Å². The van der Waals surface area contributed by atoms with E-state index in [0.29, 0.717) is 0 Å². The Morgan fingerprint density at radius 1 is 1.31 bits per heavy atom. The van der Waals surface area contributed by atoms with E-state index in [0.717, 1.165) is 78.5 Å². The van der Waals surface area contributed by atoms with Crippen LogP contribution in [0, 0.1) is 5.92 Å². The molecule has 4 N–H and O–H groups in total. The fraction of sp³-hybridized carbons (Fsp3) is 0.556. The highest BCUT2D eigenvalue weighted by Crippen LogP contribution is 2.39. The average molecular weight is 443 g/mol. The van der Waals surface area contributed by atoms with Crippen LogP contribution in [0.15, 0.2) is 16.9 Å². The molecule has 8 heteroatoms. The van der Waals surface area contributed by atoms with Crippen molar-refractivity contribution in [2.75, 3.05) is 23.3 Å². The summed E-state index contributed by atoms with van der Waals surface area (Å²) >= 11 is 3.65. The minimum absolute atomic E-state index is 0. The van der Waals surface area contributed by atoms with Gasteiger partial charge in [0.2, 0.25) is 5.91 Å². The lowest BCUT2D eigenvalue weighted by molar-refractivity contribution is -0.119. The van der Waals surface area contributed by atoms with Crippen molar-refractivity contribution in [1.29, 1.82) is 0 Å². The van der Waals surface area contributed by atoms with Crippen LogP contribution in [0.1, 0.15) is 38.5 Å². The normalized spacial score (nSPS) is 21.0. The van der Waals surface area contributed by atoms with Crippen molar-refractivity contribution < 1.29 is 4.79 Å². The van der Waals surface area contributed by atoms with Gasteiger partial charge in [-0.15, -0.1) is 12.4 Å². The molecule has 3 heterocycles. The molecule has 2 fully saturated rings. The number of aromatic amines is 1. The monoisotopic (exact) mass is 441 g/mol. The number of H-pyrrole nitrogens is 1. The predicted octanol–water partition coefficient (Wildman–Crippen LogP) is 3.80. The predicted molar refractivity (Wildman–Crippen MR) is 111 cm³/mol. The highest BCUT2D eigenvalue weighted by Gasteiger charge is 2.26. The van der Waals surface area contributed by atoms with E-state index in [9.17, 15) is 4.79 Å². The van der Waals surface area contributed by atoms with Crippen molar-refractivity contribution in [3.63, 3.8) is 0 Å². The molecule has 6 nitrogen and oxygen atoms in total. The molecule has 0 aromatic carbocycles. The first-order chi connectivity index (χ1) is 12.1. The SMILES string of the molecule is Cl.N[C@@H]1CCCN(c2c(Br)cnc3[nH]cc(NC(=O)C4CCCC4)c23)C1. The molecule has 4 rings (SSSR count). The van der Waals surface area contributed by atoms with E-state index in [-0.39, 0.29) is 30.3 Å². The van der Waals surface area contributed by atoms with E-state index in [2.05, 4.69) is 36.1 Å². The molecule has 2 aliphatic rings. The maximum absolute atomic E-state index is 12.6. The van der Waals surface area contributed by atoms with Crippen LogP contribution in [0.3, 0.4) is 0 Å². The Balaban J connectivity index is 0.00000196. The van der Waals surface area contributed by atoms with Crippen LogP contribution in [0.2, 0.25) is 0 Å². The number of anilines is 2. The topological polar surface area (TPSA) is 87.0 Å². The number of halogens is 2. The van der Waals surface area contributed by atoms with E-state index in [4.69, 9.17) is 5.73 Å². The number of aromatic nitrogens is 2. The van der Waals surface area contributed by atoms with E-state index in [1.54, 1.807) is 0 Å². The zero-order valence-corrected chi connectivity index (χ0v) is 17.0. The van der Waals surface area contributed by atoms with Crippen molar-refractivity contribution >= 4 is 56.7 Å². The molecule has 1 atom stereocenters. The molecule has 0 unspecified atom stereocenters. The lowest BCUT2D eigenvalue weighted by Crippen LogP contribution is -2.43. The summed E-state index contributed by atoms with van der Waals surface area (Å²) < 4.78 is 0.935. The van der Waals surface area contributed by atoms with Crippen LogP contribution in [0.5, 0.6) is 0 Å². The first-order valence-electron chi connectivity index (χ1n) is 9.10. The van der Waals surface area contributed by atoms with Crippen molar-refractivity contribution in [3.8, 4) is 0 Å². The van der Waals surface area contributed by atoms with Crippen LogP contribution < -0.4 is 16.0 Å². The van der Waals surface area contributed by atoms with Crippen molar-refractivity contribution in [3.05, 3.63) is 16.9 Å². The van der Waals surface area contributed by atoms with Gasteiger partial charge >= 0.3 is 0 Å². The lowest BCUT2D eigenvalue weighted by atomic mass is 10.0. The van der Waals surface area contributed by atoms with Gasteiger partial charge in [0.25, 0.3) is 0 Å². The van der Waals surface area contributed by atoms with Crippen LogP contribution in [-0.4, -0.2) is 35.0 Å². The average Bonchev–Trinajstić information content (AvgIpc) is 3.25. The number of amides is 1. The van der Waals surface area contributed by atoms with Gasteiger partial charge < -0.3 is 20.9 Å². The molecule has 1 amide bonds. The largest absolute Gasteiger partial charge is 0.368 e. The summed E-state index contributed by atoms with van der Waals surface area (Å²) in [5.74, 6) is 0.261. The number of pyridine rings is 1. The third-order valence-electron chi connectivity index (χ3n) is 5.39. The molecule has 0 bridgehead atoms. The molecule has 2 aromatic heterocycles. The maximum Gasteiger partial charge on any atom is 0.227 e. The number of hydrogen-bond donors (Lipinski definition) is 3. The van der Waals surface area contributed by atoms with Gasteiger partial charge in [-0.05, 0) is 41.6 Å². The molecule has 1 saturated carbocycles. The molecule has 0 radical (unpaired) electrons. The van der Waals surface area contributed by atoms with E-state index in [1.807, 2.05) is 12.4 Å². The van der Waals surface area contributed by atoms with Crippen molar-refractivity contribution in [2.24, 2.45) is 11.7 Å². The van der Waals surface area contributed by atoms with Crippen LogP contribution in [0.4, 0.5) is 11.4 Å². The summed E-state index contributed by atoms with van der Waals surface area (Å²) in [7, 11) is 0. The summed E-state index contributed by atoms with van der Waals surface area (Å²) in [5, 5.41) is 4.10. The second-order valence-corrected chi connectivity index (χ2v) is 8.05. The Labute approximate surface area is 167 Å². The Hall–Kier alpha value is -1.31. The number of carbonyl (C=O) groups excluding carboxylic acids is 1. The number of piperidine rings is 1. The first-order valence-corrected chi connectivity index (χ1v) is 9.89. The molecule has 1 aliphatic carbocycles. The van der Waals surface area contributed by atoms with Crippen LogP contribution >= 0.6 is 28.3 Å². The smallest absolute Gasteiger partial charge is 0.227 e. The summed E-state index contributed by atoms with van der Waals surface area (Å²) in [6.45, 7) is 1.78. The number of fused-ring (bicyclic) bond motifs is 1. The molecular weight excluding hydrogens is 418 g/mol. The molecule has 142 valence electrons. The molecule has 1 aliphatic heterocycles. The lowest BCUT2D eigenvalue weighted by Gasteiger charge is -2.33. The molecule has 2 aromatic rings. The summed E-state index contributed by atoms with van der Waals surface area (Å²) in [5.41, 5.74) is 8.86. The van der Waals surface area contributed by atoms with Crippen molar-refractivity contribution in [2.45, 2.75) is 44.6 Å². The number of hydrogen-bond acceptors (Lipinski definition) is 4. The van der Waals surface area contributed by atoms with Gasteiger partial charge in [0, 0.05) is 37.4 Å². The third-order valence-corrected chi connectivity index (χ3v) is 5.97. The second kappa shape index (κ2) is 8.15. The Bertz CT molecular complexity index is 789. The van der Waals surface area contributed by atoms with Gasteiger partial charge in [-0.3, -0.25) is 4.79 Å². The van der Waals surface area contributed by atoms with Crippen molar-refractivity contribution in [1.82, 2.24) is 9.97 Å². The zero-order chi connectivity index (χ0) is 17.4. The third kappa shape index (κ3) is 3.70. The van der Waals surface area contributed by atoms with E-state index in [1.165, 1.54) is 0 Å². The van der Waals surface area contributed by atoms with E-state index < -0.39 is 0 Å². The zero-order valence-electron chi connectivity index (χ0n) is 14.6. The summed E-state index contributed by atoms with van der Waals surface area (Å²) in [4.78, 5) is 22.6. The number of rotatable bonds is 3. The van der Waals surface area contributed by atoms with Crippen LogP contribution in [-0.2, 0) is 4.79 Å². The first kappa shape index (κ1) is 19.5. The second-order valence-electron chi connectivity index (χ2n) is 7.20. The fourth-order valence-electron chi connectivity index (χ4n) is 4.10. The molecule has 26 heavy (non-hydrogen) atoms. The van der Waals surface area contributed by atoms with Gasteiger partial charge in [0.05, 0.1) is 21.2 Å².